The number of carbonyl (C=O) groups is 2. The predicted octanol–water partition coefficient (Wildman–Crippen LogP) is 2.22. The zero-order valence-corrected chi connectivity index (χ0v) is 11.9. The molecule has 0 aliphatic heterocycles. The van der Waals surface area contributed by atoms with E-state index in [1.807, 2.05) is 24.3 Å². The van der Waals surface area contributed by atoms with Crippen LogP contribution in [0.15, 0.2) is 28.7 Å². The fourth-order valence-electron chi connectivity index (χ4n) is 1.44. The van der Waals surface area contributed by atoms with Crippen molar-refractivity contribution in [2.45, 2.75) is 26.3 Å². The van der Waals surface area contributed by atoms with E-state index in [1.165, 1.54) is 0 Å². The highest BCUT2D eigenvalue weighted by molar-refractivity contribution is 9.10. The fraction of sp³-hybridized carbons (Fsp3) is 0.385. The minimum atomic E-state index is -1.02. The van der Waals surface area contributed by atoms with Gasteiger partial charge < -0.3 is 10.4 Å². The van der Waals surface area contributed by atoms with Crippen LogP contribution in [0.1, 0.15) is 19.4 Å². The summed E-state index contributed by atoms with van der Waals surface area (Å²) in [5.41, 5.74) is 0.862. The molecule has 0 bridgehead atoms. The van der Waals surface area contributed by atoms with Crippen LogP contribution in [-0.4, -0.2) is 23.0 Å². The minimum Gasteiger partial charge on any atom is -0.480 e. The standard InChI is InChI=1S/C13H16BrNO3/c1-8(2)12(16)15-11(13(17)18)7-9-4-3-5-10(14)6-9/h3-6,8,11H,7H2,1-2H3,(H,15,16)(H,17,18)/t11-/m0/s1. The molecule has 2 N–H and O–H groups in total. The van der Waals surface area contributed by atoms with Gasteiger partial charge in [-0.15, -0.1) is 0 Å². The number of nitrogens with one attached hydrogen (secondary N) is 1. The maximum Gasteiger partial charge on any atom is 0.326 e. The van der Waals surface area contributed by atoms with Gasteiger partial charge in [0.25, 0.3) is 0 Å². The Bertz CT molecular complexity index is 446. The Morgan fingerprint density at radius 2 is 2.06 bits per heavy atom. The number of carbonyl (C=O) groups excluding carboxylic acids is 1. The molecule has 0 radical (unpaired) electrons. The molecular weight excluding hydrogens is 298 g/mol. The Kier molecular flexibility index (Phi) is 5.34. The monoisotopic (exact) mass is 313 g/mol. The van der Waals surface area contributed by atoms with Gasteiger partial charge in [0.1, 0.15) is 6.04 Å². The van der Waals surface area contributed by atoms with Crippen LogP contribution >= 0.6 is 15.9 Å². The summed E-state index contributed by atoms with van der Waals surface area (Å²) in [6.45, 7) is 3.46. The van der Waals surface area contributed by atoms with Gasteiger partial charge in [0, 0.05) is 16.8 Å². The van der Waals surface area contributed by atoms with Crippen molar-refractivity contribution < 1.29 is 14.7 Å². The number of carboxylic acid groups (broad SMARTS) is 1. The molecule has 5 heteroatoms. The summed E-state index contributed by atoms with van der Waals surface area (Å²) in [6.07, 6.45) is 0.271. The summed E-state index contributed by atoms with van der Waals surface area (Å²) in [5, 5.41) is 11.6. The first-order valence-electron chi connectivity index (χ1n) is 5.67. The number of carboxylic acids is 1. The molecule has 0 fully saturated rings. The maximum absolute atomic E-state index is 11.5. The number of benzene rings is 1. The molecule has 1 aromatic carbocycles. The smallest absolute Gasteiger partial charge is 0.326 e. The van der Waals surface area contributed by atoms with Crippen molar-refractivity contribution in [1.29, 1.82) is 0 Å². The Balaban J connectivity index is 2.75. The predicted molar refractivity (Wildman–Crippen MR) is 72.3 cm³/mol. The van der Waals surface area contributed by atoms with Crippen molar-refractivity contribution in [2.75, 3.05) is 0 Å². The van der Waals surface area contributed by atoms with Crippen LogP contribution in [0.5, 0.6) is 0 Å². The zero-order valence-electron chi connectivity index (χ0n) is 10.3. The molecule has 1 amide bonds. The van der Waals surface area contributed by atoms with E-state index in [0.717, 1.165) is 10.0 Å². The third-order valence-corrected chi connectivity index (χ3v) is 2.96. The summed E-state index contributed by atoms with van der Waals surface area (Å²) >= 11 is 3.33. The quantitative estimate of drug-likeness (QED) is 0.876. The second kappa shape index (κ2) is 6.54. The number of amides is 1. The Morgan fingerprint density at radius 1 is 1.39 bits per heavy atom. The normalized spacial score (nSPS) is 12.2. The van der Waals surface area contributed by atoms with E-state index in [9.17, 15) is 9.59 Å². The van der Waals surface area contributed by atoms with Gasteiger partial charge in [-0.05, 0) is 17.7 Å². The first-order valence-corrected chi connectivity index (χ1v) is 6.47. The molecule has 0 aromatic heterocycles. The summed E-state index contributed by atoms with van der Waals surface area (Å²) in [7, 11) is 0. The van der Waals surface area contributed by atoms with Gasteiger partial charge in [0.2, 0.25) is 5.91 Å². The van der Waals surface area contributed by atoms with Gasteiger partial charge in [0.05, 0.1) is 0 Å². The lowest BCUT2D eigenvalue weighted by atomic mass is 10.1. The molecule has 0 saturated carbocycles. The molecule has 0 aliphatic carbocycles. The SMILES string of the molecule is CC(C)C(=O)N[C@@H](Cc1cccc(Br)c1)C(=O)O. The van der Waals surface area contributed by atoms with E-state index in [1.54, 1.807) is 13.8 Å². The third kappa shape index (κ3) is 4.49. The number of hydrogen-bond acceptors (Lipinski definition) is 2. The Hall–Kier alpha value is -1.36. The lowest BCUT2D eigenvalue weighted by molar-refractivity contribution is -0.142. The molecule has 1 atom stereocenters. The lowest BCUT2D eigenvalue weighted by Gasteiger charge is -2.16. The molecule has 4 nitrogen and oxygen atoms in total. The lowest BCUT2D eigenvalue weighted by Crippen LogP contribution is -2.44. The summed E-state index contributed by atoms with van der Waals surface area (Å²) < 4.78 is 0.888. The number of halogens is 1. The first kappa shape index (κ1) is 14.7. The zero-order chi connectivity index (χ0) is 13.7. The molecule has 0 saturated heterocycles. The molecule has 1 aromatic rings. The van der Waals surface area contributed by atoms with Gasteiger partial charge in [-0.2, -0.15) is 0 Å². The molecule has 0 unspecified atom stereocenters. The van der Waals surface area contributed by atoms with Crippen molar-refractivity contribution in [3.05, 3.63) is 34.3 Å². The molecular formula is C13H16BrNO3. The average molecular weight is 314 g/mol. The van der Waals surface area contributed by atoms with Crippen LogP contribution in [0.25, 0.3) is 0 Å². The van der Waals surface area contributed by atoms with Crippen molar-refractivity contribution in [2.24, 2.45) is 5.92 Å². The molecule has 0 spiro atoms. The van der Waals surface area contributed by atoms with E-state index in [-0.39, 0.29) is 18.2 Å². The largest absolute Gasteiger partial charge is 0.480 e. The average Bonchev–Trinajstić information content (AvgIpc) is 2.27. The molecule has 18 heavy (non-hydrogen) atoms. The number of hydrogen-bond donors (Lipinski definition) is 2. The second-order valence-electron chi connectivity index (χ2n) is 4.39. The van der Waals surface area contributed by atoms with Crippen LogP contribution in [0, 0.1) is 5.92 Å². The van der Waals surface area contributed by atoms with Crippen LogP contribution < -0.4 is 5.32 Å². The Morgan fingerprint density at radius 3 is 2.56 bits per heavy atom. The fourth-order valence-corrected chi connectivity index (χ4v) is 1.88. The van der Waals surface area contributed by atoms with Crippen LogP contribution in [0.3, 0.4) is 0 Å². The van der Waals surface area contributed by atoms with Gasteiger partial charge in [-0.3, -0.25) is 4.79 Å². The highest BCUT2D eigenvalue weighted by Crippen LogP contribution is 2.13. The van der Waals surface area contributed by atoms with Crippen molar-refractivity contribution >= 4 is 27.8 Å². The summed E-state index contributed by atoms with van der Waals surface area (Å²) in [6, 6.07) is 6.49. The summed E-state index contributed by atoms with van der Waals surface area (Å²) in [5.74, 6) is -1.50. The minimum absolute atomic E-state index is 0.227. The van der Waals surface area contributed by atoms with Crippen LogP contribution in [0.2, 0.25) is 0 Å². The molecule has 0 heterocycles. The Labute approximate surface area is 115 Å². The second-order valence-corrected chi connectivity index (χ2v) is 5.30. The van der Waals surface area contributed by atoms with Gasteiger partial charge in [0.15, 0.2) is 0 Å². The van der Waals surface area contributed by atoms with Crippen molar-refractivity contribution in [1.82, 2.24) is 5.32 Å². The van der Waals surface area contributed by atoms with E-state index in [0.29, 0.717) is 0 Å². The van der Waals surface area contributed by atoms with E-state index >= 15 is 0 Å². The molecule has 0 aliphatic rings. The van der Waals surface area contributed by atoms with Crippen LogP contribution in [-0.2, 0) is 16.0 Å². The molecule has 98 valence electrons. The van der Waals surface area contributed by atoms with Crippen LogP contribution in [0.4, 0.5) is 0 Å². The summed E-state index contributed by atoms with van der Waals surface area (Å²) in [4.78, 5) is 22.7. The van der Waals surface area contributed by atoms with E-state index < -0.39 is 12.0 Å². The van der Waals surface area contributed by atoms with Crippen molar-refractivity contribution in [3.63, 3.8) is 0 Å². The molecule has 1 rings (SSSR count). The van der Waals surface area contributed by atoms with E-state index in [4.69, 9.17) is 5.11 Å². The van der Waals surface area contributed by atoms with Crippen molar-refractivity contribution in [3.8, 4) is 0 Å². The highest BCUT2D eigenvalue weighted by Gasteiger charge is 2.21. The van der Waals surface area contributed by atoms with Gasteiger partial charge in [-0.1, -0.05) is 41.9 Å². The topological polar surface area (TPSA) is 66.4 Å². The third-order valence-electron chi connectivity index (χ3n) is 2.47. The van der Waals surface area contributed by atoms with Gasteiger partial charge >= 0.3 is 5.97 Å². The number of rotatable bonds is 5. The highest BCUT2D eigenvalue weighted by atomic mass is 79.9. The first-order chi connectivity index (χ1) is 8.40. The maximum atomic E-state index is 11.5. The number of aliphatic carboxylic acids is 1. The van der Waals surface area contributed by atoms with E-state index in [2.05, 4.69) is 21.2 Å². The van der Waals surface area contributed by atoms with Gasteiger partial charge in [-0.25, -0.2) is 4.79 Å².